The number of Topliss-reactive ketones (excluding diaryl/α,β-unsaturated/α-hetero) is 3. The van der Waals surface area contributed by atoms with Gasteiger partial charge in [-0.15, -0.1) is 0 Å². The molecule has 9 heteroatoms. The Morgan fingerprint density at radius 2 is 1.89 bits per heavy atom. The van der Waals surface area contributed by atoms with Gasteiger partial charge in [0.2, 0.25) is 0 Å². The predicted octanol–water partition coefficient (Wildman–Crippen LogP) is 2.63. The summed E-state index contributed by atoms with van der Waals surface area (Å²) in [4.78, 5) is 42.1. The standard InChI is InChI=1S/C26H23NO7.H2O.2H2/c1-11(29)20-19(31)7-14-5-13-6-17-16(15-4-12(10-28)8-27-9-15)2-3-18(30)23(17)26(34)21(13)25(33)22(14)24(20)32;;;/h2-4,8-9,13-14,22,28,30,32,34H,5-7,10H2,1H3;1H2;2*1H. The van der Waals surface area contributed by atoms with E-state index in [1.165, 1.54) is 13.0 Å². The predicted molar refractivity (Wildman–Crippen MR) is 128 cm³/mol. The van der Waals surface area contributed by atoms with E-state index in [-0.39, 0.29) is 49.6 Å². The number of phenolic OH excluding ortho intramolecular Hbond substituents is 1. The second-order valence-corrected chi connectivity index (χ2v) is 9.17. The van der Waals surface area contributed by atoms with Gasteiger partial charge in [0, 0.05) is 32.8 Å². The van der Waals surface area contributed by atoms with E-state index in [2.05, 4.69) is 4.98 Å². The quantitative estimate of drug-likeness (QED) is 0.481. The van der Waals surface area contributed by atoms with Crippen LogP contribution in [0.5, 0.6) is 5.75 Å². The van der Waals surface area contributed by atoms with Gasteiger partial charge in [0.05, 0.1) is 23.7 Å². The van der Waals surface area contributed by atoms with Gasteiger partial charge in [-0.1, -0.05) is 6.07 Å². The number of hydrogen-bond acceptors (Lipinski definition) is 8. The van der Waals surface area contributed by atoms with Crippen molar-refractivity contribution in [2.24, 2.45) is 17.8 Å². The smallest absolute Gasteiger partial charge is 0.173 e. The summed E-state index contributed by atoms with van der Waals surface area (Å²) in [5, 5.41) is 42.0. The monoisotopic (exact) mass is 483 g/mol. The van der Waals surface area contributed by atoms with Gasteiger partial charge >= 0.3 is 0 Å². The minimum atomic E-state index is -1.07. The summed E-state index contributed by atoms with van der Waals surface area (Å²) in [5.41, 5.74) is 2.55. The number of phenols is 1. The van der Waals surface area contributed by atoms with Crippen LogP contribution in [0.2, 0.25) is 0 Å². The minimum absolute atomic E-state index is 0. The molecular weight excluding hydrogens is 454 g/mol. The van der Waals surface area contributed by atoms with E-state index in [1.54, 1.807) is 24.5 Å². The van der Waals surface area contributed by atoms with Gasteiger partial charge in [-0.2, -0.15) is 0 Å². The molecule has 1 saturated carbocycles. The zero-order valence-electron chi connectivity index (χ0n) is 18.9. The topological polar surface area (TPSA) is 177 Å². The van der Waals surface area contributed by atoms with Crippen molar-refractivity contribution in [3.8, 4) is 16.9 Å². The lowest BCUT2D eigenvalue weighted by atomic mass is 9.61. The number of aromatic nitrogens is 1. The molecule has 186 valence electrons. The third-order valence-corrected chi connectivity index (χ3v) is 7.17. The van der Waals surface area contributed by atoms with Crippen LogP contribution >= 0.6 is 0 Å². The number of carbonyl (C=O) groups is 3. The van der Waals surface area contributed by atoms with Crippen LogP contribution in [-0.4, -0.2) is 48.2 Å². The maximum Gasteiger partial charge on any atom is 0.173 e. The maximum absolute atomic E-state index is 13.5. The molecule has 1 fully saturated rings. The molecule has 9 nitrogen and oxygen atoms in total. The Balaban J connectivity index is 0.00000160. The number of aliphatic hydroxyl groups excluding tert-OH is 3. The van der Waals surface area contributed by atoms with E-state index in [9.17, 15) is 34.8 Å². The Morgan fingerprint density at radius 1 is 1.14 bits per heavy atom. The molecule has 2 aromatic rings. The normalized spacial score (nSPS) is 23.3. The number of pyridine rings is 1. The number of aliphatic hydroxyl groups is 3. The molecule has 0 spiro atoms. The van der Waals surface area contributed by atoms with Gasteiger partial charge in [-0.05, 0) is 60.4 Å². The number of rotatable bonds is 3. The molecule has 0 radical (unpaired) electrons. The maximum atomic E-state index is 13.5. The molecule has 1 aromatic carbocycles. The van der Waals surface area contributed by atoms with Crippen LogP contribution in [0.25, 0.3) is 16.9 Å². The van der Waals surface area contributed by atoms with Crippen molar-refractivity contribution >= 4 is 23.1 Å². The molecule has 5 rings (SSSR count). The van der Waals surface area contributed by atoms with Crippen molar-refractivity contribution in [3.05, 3.63) is 64.2 Å². The van der Waals surface area contributed by atoms with Gasteiger partial charge in [0.15, 0.2) is 17.3 Å². The zero-order chi connectivity index (χ0) is 24.3. The number of ketones is 3. The van der Waals surface area contributed by atoms with E-state index < -0.39 is 40.9 Å². The van der Waals surface area contributed by atoms with Crippen molar-refractivity contribution in [1.82, 2.24) is 4.98 Å². The Labute approximate surface area is 203 Å². The van der Waals surface area contributed by atoms with Crippen molar-refractivity contribution < 1.29 is 43.1 Å². The van der Waals surface area contributed by atoms with Crippen LogP contribution in [-0.2, 0) is 27.4 Å². The third kappa shape index (κ3) is 3.64. The fourth-order valence-electron chi connectivity index (χ4n) is 5.75. The fourth-order valence-corrected chi connectivity index (χ4v) is 5.75. The lowest BCUT2D eigenvalue weighted by Gasteiger charge is -2.41. The summed E-state index contributed by atoms with van der Waals surface area (Å²) in [7, 11) is 0. The molecule has 1 heterocycles. The van der Waals surface area contributed by atoms with Crippen LogP contribution in [0.3, 0.4) is 0 Å². The molecule has 0 saturated heterocycles. The van der Waals surface area contributed by atoms with Crippen LogP contribution in [0, 0.1) is 17.8 Å². The first-order valence-corrected chi connectivity index (χ1v) is 11.1. The summed E-state index contributed by atoms with van der Waals surface area (Å²) in [6.07, 6.45) is 3.83. The molecular formula is C26H29NO8. The molecule has 0 amide bonds. The first kappa shape index (κ1) is 24.3. The Kier molecular flexibility index (Phi) is 6.08. The summed E-state index contributed by atoms with van der Waals surface area (Å²) in [6.45, 7) is 0.984. The number of fused-ring (bicyclic) bond motifs is 3. The summed E-state index contributed by atoms with van der Waals surface area (Å²) in [6, 6.07) is 4.90. The zero-order valence-corrected chi connectivity index (χ0v) is 18.9. The number of carbonyl (C=O) groups excluding carboxylic acids is 3. The van der Waals surface area contributed by atoms with Crippen molar-refractivity contribution in [3.63, 3.8) is 0 Å². The molecule has 3 atom stereocenters. The highest BCUT2D eigenvalue weighted by atomic mass is 16.3. The van der Waals surface area contributed by atoms with Gasteiger partial charge in [0.25, 0.3) is 0 Å². The first-order valence-electron chi connectivity index (χ1n) is 11.1. The van der Waals surface area contributed by atoms with E-state index in [0.29, 0.717) is 35.1 Å². The van der Waals surface area contributed by atoms with E-state index >= 15 is 0 Å². The SMILES string of the molecule is CC(=O)C1=C(O)C2C(=O)C3=C(O)c4c(O)ccc(-c5cncc(CO)c5)c4CC3CC2CC1=O.O.[HH].[HH]. The molecule has 3 unspecified atom stereocenters. The molecule has 3 aliphatic carbocycles. The molecule has 0 aliphatic heterocycles. The number of allylic oxidation sites excluding steroid dienone is 3. The minimum Gasteiger partial charge on any atom is -0.511 e. The Morgan fingerprint density at radius 3 is 2.57 bits per heavy atom. The average Bonchev–Trinajstić information content (AvgIpc) is 2.78. The summed E-state index contributed by atoms with van der Waals surface area (Å²) >= 11 is 0. The second kappa shape index (κ2) is 8.75. The molecule has 3 aliphatic rings. The molecule has 0 bridgehead atoms. The van der Waals surface area contributed by atoms with Crippen LogP contribution < -0.4 is 0 Å². The van der Waals surface area contributed by atoms with Crippen molar-refractivity contribution in [2.75, 3.05) is 0 Å². The largest absolute Gasteiger partial charge is 0.511 e. The van der Waals surface area contributed by atoms with E-state index in [4.69, 9.17) is 0 Å². The molecule has 6 N–H and O–H groups in total. The highest BCUT2D eigenvalue weighted by molar-refractivity contribution is 6.22. The van der Waals surface area contributed by atoms with E-state index in [1.807, 2.05) is 0 Å². The second-order valence-electron chi connectivity index (χ2n) is 9.17. The molecule has 35 heavy (non-hydrogen) atoms. The van der Waals surface area contributed by atoms with Gasteiger partial charge in [-0.25, -0.2) is 0 Å². The van der Waals surface area contributed by atoms with Gasteiger partial charge < -0.3 is 25.9 Å². The van der Waals surface area contributed by atoms with Crippen LogP contribution in [0.4, 0.5) is 0 Å². The number of aromatic hydroxyl groups is 1. The van der Waals surface area contributed by atoms with Crippen molar-refractivity contribution in [2.45, 2.75) is 32.8 Å². The average molecular weight is 484 g/mol. The van der Waals surface area contributed by atoms with Gasteiger partial charge in [0.1, 0.15) is 17.3 Å². The highest BCUT2D eigenvalue weighted by Gasteiger charge is 2.50. The Bertz CT molecular complexity index is 1350. The van der Waals surface area contributed by atoms with Crippen molar-refractivity contribution in [1.29, 1.82) is 0 Å². The number of benzene rings is 1. The first-order chi connectivity index (χ1) is 16.2. The molecule has 1 aromatic heterocycles. The Hall–Kier alpha value is -3.82. The fraction of sp³-hybridized carbons (Fsp3) is 0.308. The van der Waals surface area contributed by atoms with E-state index in [0.717, 1.165) is 0 Å². The number of hydrogen-bond donors (Lipinski definition) is 4. The highest BCUT2D eigenvalue weighted by Crippen LogP contribution is 2.51. The third-order valence-electron chi connectivity index (χ3n) is 7.17. The number of nitrogens with zero attached hydrogens (tertiary/aromatic N) is 1. The van der Waals surface area contributed by atoms with Crippen LogP contribution in [0.15, 0.2) is 47.5 Å². The summed E-state index contributed by atoms with van der Waals surface area (Å²) in [5.74, 6) is -4.62. The van der Waals surface area contributed by atoms with Gasteiger partial charge in [-0.3, -0.25) is 19.4 Å². The van der Waals surface area contributed by atoms with Crippen LogP contribution in [0.1, 0.15) is 39.3 Å². The lowest BCUT2D eigenvalue weighted by Crippen LogP contribution is -2.43. The lowest BCUT2D eigenvalue weighted by molar-refractivity contribution is -0.127. The summed E-state index contributed by atoms with van der Waals surface area (Å²) < 4.78 is 0.